The molecule has 0 aliphatic heterocycles. The maximum atomic E-state index is 13.3. The minimum atomic E-state index is -0.332. The van der Waals surface area contributed by atoms with Crippen LogP contribution in [-0.4, -0.2) is 35.8 Å². The SMILES string of the molecule is CCn1c2ccccc2c2nnc(S[C@@H](C)C(=O)c3c(C)[nH]c4ccccc34)nc21. The maximum Gasteiger partial charge on any atom is 0.211 e. The summed E-state index contributed by atoms with van der Waals surface area (Å²) in [5.41, 5.74) is 5.29. The highest BCUT2D eigenvalue weighted by Crippen LogP contribution is 2.31. The first kappa shape index (κ1) is 18.8. The first-order valence-corrected chi connectivity index (χ1v) is 10.9. The number of hydrogen-bond acceptors (Lipinski definition) is 5. The van der Waals surface area contributed by atoms with Crippen molar-refractivity contribution in [2.45, 2.75) is 37.7 Å². The molecule has 1 N–H and O–H groups in total. The quantitative estimate of drug-likeness (QED) is 0.317. The normalized spacial score (nSPS) is 12.8. The zero-order valence-corrected chi connectivity index (χ0v) is 17.8. The number of carbonyl (C=O) groups is 1. The number of Topliss-reactive ketones (excluding diaryl/α,β-unsaturated/α-hetero) is 1. The molecule has 2 aromatic carbocycles. The third kappa shape index (κ3) is 2.89. The molecule has 0 bridgehead atoms. The van der Waals surface area contributed by atoms with Gasteiger partial charge in [0.05, 0.1) is 10.8 Å². The lowest BCUT2D eigenvalue weighted by atomic mass is 10.1. The van der Waals surface area contributed by atoms with Gasteiger partial charge in [-0.25, -0.2) is 4.98 Å². The molecule has 0 amide bonds. The van der Waals surface area contributed by atoms with Crippen molar-refractivity contribution in [3.05, 3.63) is 59.8 Å². The number of para-hydroxylation sites is 2. The number of aromatic amines is 1. The second-order valence-electron chi connectivity index (χ2n) is 7.32. The smallest absolute Gasteiger partial charge is 0.211 e. The van der Waals surface area contributed by atoms with Gasteiger partial charge in [0.15, 0.2) is 11.4 Å². The van der Waals surface area contributed by atoms with Gasteiger partial charge in [0.2, 0.25) is 5.16 Å². The third-order valence-corrected chi connectivity index (χ3v) is 6.41. The largest absolute Gasteiger partial charge is 0.358 e. The van der Waals surface area contributed by atoms with E-state index in [-0.39, 0.29) is 11.0 Å². The molecule has 0 aliphatic carbocycles. The maximum absolute atomic E-state index is 13.3. The number of ketones is 1. The second-order valence-corrected chi connectivity index (χ2v) is 8.63. The van der Waals surface area contributed by atoms with Gasteiger partial charge in [-0.1, -0.05) is 48.2 Å². The van der Waals surface area contributed by atoms with Crippen LogP contribution in [0.3, 0.4) is 0 Å². The molecular weight excluding hydrogens is 394 g/mol. The van der Waals surface area contributed by atoms with Crippen LogP contribution in [0.1, 0.15) is 29.9 Å². The number of H-pyrrole nitrogens is 1. The van der Waals surface area contributed by atoms with Crippen molar-refractivity contribution in [2.75, 3.05) is 0 Å². The Morgan fingerprint density at radius 3 is 2.63 bits per heavy atom. The molecule has 0 aliphatic rings. The minimum absolute atomic E-state index is 0.0645. The molecule has 0 unspecified atom stereocenters. The van der Waals surface area contributed by atoms with Crippen molar-refractivity contribution in [1.82, 2.24) is 24.7 Å². The Labute approximate surface area is 177 Å². The molecule has 0 saturated heterocycles. The Morgan fingerprint density at radius 2 is 1.83 bits per heavy atom. The predicted octanol–water partition coefficient (Wildman–Crippen LogP) is 5.15. The lowest BCUT2D eigenvalue weighted by molar-refractivity contribution is 0.0995. The van der Waals surface area contributed by atoms with Crippen molar-refractivity contribution in [3.8, 4) is 0 Å². The summed E-state index contributed by atoms with van der Waals surface area (Å²) in [5, 5.41) is 10.9. The van der Waals surface area contributed by atoms with Crippen LogP contribution in [-0.2, 0) is 6.54 Å². The van der Waals surface area contributed by atoms with Crippen LogP contribution < -0.4 is 0 Å². The Morgan fingerprint density at radius 1 is 1.10 bits per heavy atom. The highest BCUT2D eigenvalue weighted by atomic mass is 32.2. The van der Waals surface area contributed by atoms with Crippen LogP contribution in [0.5, 0.6) is 0 Å². The summed E-state index contributed by atoms with van der Waals surface area (Å²) in [7, 11) is 0. The van der Waals surface area contributed by atoms with Crippen LogP contribution in [0.25, 0.3) is 33.0 Å². The van der Waals surface area contributed by atoms with E-state index in [1.807, 2.05) is 56.3 Å². The number of aromatic nitrogens is 5. The van der Waals surface area contributed by atoms with E-state index < -0.39 is 0 Å². The highest BCUT2D eigenvalue weighted by Gasteiger charge is 2.24. The zero-order valence-electron chi connectivity index (χ0n) is 17.0. The molecule has 1 atom stereocenters. The number of hydrogen-bond donors (Lipinski definition) is 1. The fourth-order valence-electron chi connectivity index (χ4n) is 4.07. The van der Waals surface area contributed by atoms with Gasteiger partial charge in [0.25, 0.3) is 0 Å². The van der Waals surface area contributed by atoms with Crippen molar-refractivity contribution in [3.63, 3.8) is 0 Å². The average Bonchev–Trinajstić information content (AvgIpc) is 3.26. The number of nitrogens with zero attached hydrogens (tertiary/aromatic N) is 4. The topological polar surface area (TPSA) is 76.5 Å². The van der Waals surface area contributed by atoms with Gasteiger partial charge in [-0.2, -0.15) is 0 Å². The molecule has 150 valence electrons. The highest BCUT2D eigenvalue weighted by molar-refractivity contribution is 8.00. The molecule has 3 heterocycles. The van der Waals surface area contributed by atoms with Gasteiger partial charge < -0.3 is 9.55 Å². The van der Waals surface area contributed by atoms with Crippen molar-refractivity contribution >= 4 is 50.5 Å². The molecule has 0 fully saturated rings. The average molecular weight is 416 g/mol. The van der Waals surface area contributed by atoms with E-state index in [4.69, 9.17) is 4.98 Å². The minimum Gasteiger partial charge on any atom is -0.358 e. The van der Waals surface area contributed by atoms with Crippen molar-refractivity contribution in [1.29, 1.82) is 0 Å². The summed E-state index contributed by atoms with van der Waals surface area (Å²) in [5.74, 6) is 0.0645. The fourth-order valence-corrected chi connectivity index (χ4v) is 4.84. The van der Waals surface area contributed by atoms with Crippen molar-refractivity contribution < 1.29 is 4.79 Å². The molecule has 5 aromatic rings. The van der Waals surface area contributed by atoms with E-state index in [0.717, 1.165) is 50.8 Å². The van der Waals surface area contributed by atoms with Crippen LogP contribution in [0.4, 0.5) is 0 Å². The monoisotopic (exact) mass is 415 g/mol. The van der Waals surface area contributed by atoms with E-state index in [9.17, 15) is 4.79 Å². The number of nitrogens with one attached hydrogen (secondary N) is 1. The standard InChI is InChI=1S/C23H21N5OS/c1-4-28-18-12-8-6-10-16(18)20-22(28)25-23(27-26-20)30-14(3)21(29)19-13(2)24-17-11-7-5-9-15(17)19/h5-12,14,24H,4H2,1-3H3/t14-/m0/s1. The Bertz CT molecular complexity index is 1420. The summed E-state index contributed by atoms with van der Waals surface area (Å²) >= 11 is 1.35. The van der Waals surface area contributed by atoms with Gasteiger partial charge in [-0.3, -0.25) is 4.79 Å². The summed E-state index contributed by atoms with van der Waals surface area (Å²) in [6.45, 7) is 6.72. The van der Waals surface area contributed by atoms with Crippen LogP contribution in [0, 0.1) is 6.92 Å². The van der Waals surface area contributed by atoms with Crippen LogP contribution in [0.15, 0.2) is 53.7 Å². The molecule has 30 heavy (non-hydrogen) atoms. The Kier molecular flexibility index (Phi) is 4.55. The Balaban J connectivity index is 1.51. The van der Waals surface area contributed by atoms with E-state index >= 15 is 0 Å². The molecule has 0 spiro atoms. The summed E-state index contributed by atoms with van der Waals surface area (Å²) in [6, 6.07) is 16.0. The Hall–Kier alpha value is -3.19. The molecule has 0 radical (unpaired) electrons. The van der Waals surface area contributed by atoms with Crippen LogP contribution >= 0.6 is 11.8 Å². The van der Waals surface area contributed by atoms with Gasteiger partial charge >= 0.3 is 0 Å². The number of benzene rings is 2. The van der Waals surface area contributed by atoms with E-state index in [2.05, 4.69) is 32.7 Å². The number of fused-ring (bicyclic) bond motifs is 4. The third-order valence-electron chi connectivity index (χ3n) is 5.46. The number of thioether (sulfide) groups is 1. The summed E-state index contributed by atoms with van der Waals surface area (Å²) in [6.07, 6.45) is 0. The number of aryl methyl sites for hydroxylation is 2. The molecule has 0 saturated carbocycles. The van der Waals surface area contributed by atoms with Crippen LogP contribution in [0.2, 0.25) is 0 Å². The van der Waals surface area contributed by atoms with E-state index in [1.54, 1.807) is 0 Å². The van der Waals surface area contributed by atoms with Gasteiger partial charge in [0.1, 0.15) is 5.52 Å². The first-order chi connectivity index (χ1) is 14.6. The van der Waals surface area contributed by atoms with Crippen molar-refractivity contribution in [2.24, 2.45) is 0 Å². The van der Waals surface area contributed by atoms with Gasteiger partial charge in [0, 0.05) is 34.1 Å². The number of rotatable bonds is 5. The molecular formula is C23H21N5OS. The molecule has 5 rings (SSSR count). The van der Waals surface area contributed by atoms with Gasteiger partial charge in [-0.15, -0.1) is 10.2 Å². The number of carbonyl (C=O) groups excluding carboxylic acids is 1. The summed E-state index contributed by atoms with van der Waals surface area (Å²) in [4.78, 5) is 21.3. The molecule has 6 nitrogen and oxygen atoms in total. The van der Waals surface area contributed by atoms with E-state index in [1.165, 1.54) is 11.8 Å². The fraction of sp³-hybridized carbons (Fsp3) is 0.217. The lowest BCUT2D eigenvalue weighted by Crippen LogP contribution is -2.15. The zero-order chi connectivity index (χ0) is 20.8. The first-order valence-electron chi connectivity index (χ1n) is 9.98. The van der Waals surface area contributed by atoms with E-state index in [0.29, 0.717) is 5.16 Å². The molecule has 3 aromatic heterocycles. The lowest BCUT2D eigenvalue weighted by Gasteiger charge is -2.09. The van der Waals surface area contributed by atoms with Gasteiger partial charge in [-0.05, 0) is 32.9 Å². The second kappa shape index (κ2) is 7.25. The predicted molar refractivity (Wildman–Crippen MR) is 121 cm³/mol. The molecule has 7 heteroatoms. The summed E-state index contributed by atoms with van der Waals surface area (Å²) < 4.78 is 2.14.